The fourth-order valence-electron chi connectivity index (χ4n) is 3.11. The van der Waals surface area contributed by atoms with Gasteiger partial charge in [0.15, 0.2) is 11.8 Å². The van der Waals surface area contributed by atoms with Gasteiger partial charge in [0, 0.05) is 36.0 Å². The molecular formula is C24H29FN6O4. The lowest BCUT2D eigenvalue weighted by Crippen LogP contribution is -2.23. The molecule has 10 nitrogen and oxygen atoms in total. The average Bonchev–Trinajstić information content (AvgIpc) is 3.15. The molecule has 0 saturated carbocycles. The maximum atomic E-state index is 13.3. The molecule has 1 aromatic heterocycles. The molecule has 3 aromatic rings. The smallest absolute Gasteiger partial charge is 0.303 e. The van der Waals surface area contributed by atoms with Gasteiger partial charge in [-0.05, 0) is 49.1 Å². The lowest BCUT2D eigenvalue weighted by atomic mass is 10.1. The van der Waals surface area contributed by atoms with Crippen molar-refractivity contribution in [2.24, 2.45) is 22.2 Å². The van der Waals surface area contributed by atoms with E-state index < -0.39 is 17.7 Å². The molecule has 11 heteroatoms. The summed E-state index contributed by atoms with van der Waals surface area (Å²) in [6, 6.07) is 13.9. The van der Waals surface area contributed by atoms with E-state index in [0.29, 0.717) is 42.4 Å². The minimum absolute atomic E-state index is 0.0624. The molecule has 0 saturated heterocycles. The van der Waals surface area contributed by atoms with Gasteiger partial charge in [0.2, 0.25) is 5.91 Å². The SMILES string of the molecule is NC(=O)c1[nH]c2ccccc2c1F.NC(N)=NCCCCC(=O)Nc1ccc(CCC(=O)O)cc1. The number of para-hydroxylation sites is 1. The zero-order chi connectivity index (χ0) is 25.8. The Hall–Kier alpha value is -4.41. The lowest BCUT2D eigenvalue weighted by Gasteiger charge is -2.06. The number of carboxylic acid groups (broad SMARTS) is 1. The van der Waals surface area contributed by atoms with Crippen LogP contribution in [0.1, 0.15) is 41.7 Å². The first kappa shape index (κ1) is 26.8. The summed E-state index contributed by atoms with van der Waals surface area (Å²) < 4.78 is 13.3. The largest absolute Gasteiger partial charge is 0.481 e. The number of fused-ring (bicyclic) bond motifs is 1. The number of H-pyrrole nitrogens is 1. The normalized spacial score (nSPS) is 10.2. The Bertz CT molecular complexity index is 1190. The Morgan fingerprint density at radius 2 is 1.66 bits per heavy atom. The molecule has 0 aliphatic heterocycles. The molecule has 2 amide bonds. The van der Waals surface area contributed by atoms with Gasteiger partial charge < -0.3 is 32.6 Å². The number of nitrogens with two attached hydrogens (primary N) is 3. The van der Waals surface area contributed by atoms with Crippen LogP contribution in [0.15, 0.2) is 53.5 Å². The first-order valence-electron chi connectivity index (χ1n) is 10.9. The van der Waals surface area contributed by atoms with Gasteiger partial charge in [0.05, 0.1) is 0 Å². The van der Waals surface area contributed by atoms with Crippen molar-refractivity contribution in [1.82, 2.24) is 4.98 Å². The number of primary amides is 1. The van der Waals surface area contributed by atoms with Crippen molar-refractivity contribution in [3.8, 4) is 0 Å². The predicted molar refractivity (Wildman–Crippen MR) is 132 cm³/mol. The van der Waals surface area contributed by atoms with Crippen molar-refractivity contribution < 1.29 is 23.9 Å². The number of nitrogens with one attached hydrogen (secondary N) is 2. The number of guanidine groups is 1. The fraction of sp³-hybridized carbons (Fsp3) is 0.250. The fourth-order valence-corrected chi connectivity index (χ4v) is 3.11. The minimum Gasteiger partial charge on any atom is -0.481 e. The molecule has 3 rings (SSSR count). The van der Waals surface area contributed by atoms with Crippen molar-refractivity contribution in [3.05, 3.63) is 65.6 Å². The molecule has 0 fully saturated rings. The second-order valence-electron chi connectivity index (χ2n) is 7.63. The summed E-state index contributed by atoms with van der Waals surface area (Å²) in [7, 11) is 0. The molecule has 0 radical (unpaired) electrons. The summed E-state index contributed by atoms with van der Waals surface area (Å²) in [5, 5.41) is 11.8. The monoisotopic (exact) mass is 484 g/mol. The zero-order valence-corrected chi connectivity index (χ0v) is 19.1. The molecule has 0 spiro atoms. The van der Waals surface area contributed by atoms with Crippen LogP contribution in [0, 0.1) is 5.82 Å². The van der Waals surface area contributed by atoms with E-state index in [9.17, 15) is 18.8 Å². The number of aromatic amines is 1. The van der Waals surface area contributed by atoms with Crippen LogP contribution in [0.4, 0.5) is 10.1 Å². The van der Waals surface area contributed by atoms with E-state index in [2.05, 4.69) is 15.3 Å². The molecule has 0 atom stereocenters. The molecule has 9 N–H and O–H groups in total. The van der Waals surface area contributed by atoms with Crippen molar-refractivity contribution in [1.29, 1.82) is 0 Å². The van der Waals surface area contributed by atoms with Crippen LogP contribution in [-0.2, 0) is 16.0 Å². The van der Waals surface area contributed by atoms with Gasteiger partial charge in [-0.1, -0.05) is 24.3 Å². The summed E-state index contributed by atoms with van der Waals surface area (Å²) in [5.41, 5.74) is 17.4. The van der Waals surface area contributed by atoms with Crippen LogP contribution in [0.2, 0.25) is 0 Å². The zero-order valence-electron chi connectivity index (χ0n) is 19.1. The van der Waals surface area contributed by atoms with E-state index in [-0.39, 0.29) is 24.0 Å². The highest BCUT2D eigenvalue weighted by Crippen LogP contribution is 2.19. The molecule has 2 aromatic carbocycles. The van der Waals surface area contributed by atoms with Gasteiger partial charge in [0.25, 0.3) is 5.91 Å². The van der Waals surface area contributed by atoms with Crippen LogP contribution in [0.3, 0.4) is 0 Å². The number of hydrogen-bond donors (Lipinski definition) is 6. The third-order valence-corrected chi connectivity index (χ3v) is 4.86. The quantitative estimate of drug-likeness (QED) is 0.145. The number of nitrogens with zero attached hydrogens (tertiary/aromatic N) is 1. The third kappa shape index (κ3) is 9.16. The molecule has 35 heavy (non-hydrogen) atoms. The number of carbonyl (C=O) groups is 3. The van der Waals surface area contributed by atoms with Crippen molar-refractivity contribution >= 4 is 40.3 Å². The summed E-state index contributed by atoms with van der Waals surface area (Å²) in [6.07, 6.45) is 2.44. The maximum Gasteiger partial charge on any atom is 0.303 e. The third-order valence-electron chi connectivity index (χ3n) is 4.86. The van der Waals surface area contributed by atoms with E-state index in [0.717, 1.165) is 12.0 Å². The number of amides is 2. The second kappa shape index (κ2) is 13.3. The van der Waals surface area contributed by atoms with Crippen molar-refractivity contribution in [2.45, 2.75) is 32.1 Å². The first-order chi connectivity index (χ1) is 16.7. The van der Waals surface area contributed by atoms with E-state index in [1.54, 1.807) is 36.4 Å². The number of aliphatic carboxylic acids is 1. The number of halogens is 1. The summed E-state index contributed by atoms with van der Waals surface area (Å²) in [6.45, 7) is 0.522. The number of carboxylic acids is 1. The van der Waals surface area contributed by atoms with Crippen molar-refractivity contribution in [3.63, 3.8) is 0 Å². The number of aliphatic imine (C=N–C) groups is 1. The number of anilines is 1. The van der Waals surface area contributed by atoms with E-state index in [1.807, 2.05) is 12.1 Å². The highest BCUT2D eigenvalue weighted by molar-refractivity contribution is 5.97. The van der Waals surface area contributed by atoms with Crippen LogP contribution in [0.5, 0.6) is 0 Å². The number of benzene rings is 2. The van der Waals surface area contributed by atoms with Crippen LogP contribution < -0.4 is 22.5 Å². The number of aryl methyl sites for hydroxylation is 1. The van der Waals surface area contributed by atoms with Crippen molar-refractivity contribution in [2.75, 3.05) is 11.9 Å². The van der Waals surface area contributed by atoms with E-state index in [1.165, 1.54) is 0 Å². The standard InChI is InChI=1S/C15H22N4O3.C9H7FN2O/c16-15(17)18-10-2-1-3-13(20)19-12-7-4-11(5-8-12)6-9-14(21)22;10-7-5-3-1-2-4-6(5)12-8(7)9(11)13/h4-5,7-8H,1-3,6,9-10H2,(H,19,20)(H,21,22)(H4,16,17,18);1-4,12H,(H2,11,13). The first-order valence-corrected chi connectivity index (χ1v) is 10.9. The van der Waals surface area contributed by atoms with Crippen LogP contribution >= 0.6 is 0 Å². The molecule has 186 valence electrons. The highest BCUT2D eigenvalue weighted by Gasteiger charge is 2.14. The second-order valence-corrected chi connectivity index (χ2v) is 7.63. The number of rotatable bonds is 10. The Labute approximate surface area is 201 Å². The summed E-state index contributed by atoms with van der Waals surface area (Å²) in [4.78, 5) is 39.4. The Kier molecular flexibility index (Phi) is 10.2. The molecular weight excluding hydrogens is 455 g/mol. The van der Waals surface area contributed by atoms with Crippen LogP contribution in [-0.4, -0.2) is 40.4 Å². The molecule has 0 bridgehead atoms. The van der Waals surface area contributed by atoms with Gasteiger partial charge in [-0.25, -0.2) is 4.39 Å². The van der Waals surface area contributed by atoms with Crippen LogP contribution in [0.25, 0.3) is 10.9 Å². The minimum atomic E-state index is -0.821. The Morgan fingerprint density at radius 1 is 0.971 bits per heavy atom. The Morgan fingerprint density at radius 3 is 2.26 bits per heavy atom. The summed E-state index contributed by atoms with van der Waals surface area (Å²) in [5.74, 6) is -2.19. The van der Waals surface area contributed by atoms with E-state index >= 15 is 0 Å². The van der Waals surface area contributed by atoms with E-state index in [4.69, 9.17) is 22.3 Å². The van der Waals surface area contributed by atoms with Gasteiger partial charge in [0.1, 0.15) is 5.69 Å². The molecule has 0 aliphatic carbocycles. The maximum absolute atomic E-state index is 13.3. The highest BCUT2D eigenvalue weighted by atomic mass is 19.1. The molecule has 0 unspecified atom stereocenters. The average molecular weight is 485 g/mol. The summed E-state index contributed by atoms with van der Waals surface area (Å²) >= 11 is 0. The Balaban J connectivity index is 0.000000279. The number of hydrogen-bond acceptors (Lipinski definition) is 4. The van der Waals surface area contributed by atoms with Gasteiger partial charge in [-0.2, -0.15) is 0 Å². The number of aromatic nitrogens is 1. The van der Waals surface area contributed by atoms with Gasteiger partial charge in [-0.3, -0.25) is 19.4 Å². The van der Waals surface area contributed by atoms with Gasteiger partial charge in [-0.15, -0.1) is 0 Å². The predicted octanol–water partition coefficient (Wildman–Crippen LogP) is 2.49. The number of carbonyl (C=O) groups excluding carboxylic acids is 2. The molecule has 0 aliphatic rings. The topological polar surface area (TPSA) is 190 Å². The number of unbranched alkanes of at least 4 members (excludes halogenated alkanes) is 1. The molecule has 1 heterocycles. The van der Waals surface area contributed by atoms with Gasteiger partial charge >= 0.3 is 5.97 Å². The lowest BCUT2D eigenvalue weighted by molar-refractivity contribution is -0.137.